The summed E-state index contributed by atoms with van der Waals surface area (Å²) in [4.78, 5) is 12.9. The summed E-state index contributed by atoms with van der Waals surface area (Å²) in [5.41, 5.74) is 3.10. The predicted molar refractivity (Wildman–Crippen MR) is 102 cm³/mol. The van der Waals surface area contributed by atoms with Crippen molar-refractivity contribution in [3.63, 3.8) is 0 Å². The molecular formula is C22H18N2O2. The lowest BCUT2D eigenvalue weighted by atomic mass is 9.95. The van der Waals surface area contributed by atoms with Gasteiger partial charge >= 0.3 is 0 Å². The molecule has 0 aliphatic heterocycles. The lowest BCUT2D eigenvalue weighted by Gasteiger charge is -2.14. The van der Waals surface area contributed by atoms with Gasteiger partial charge in [-0.15, -0.1) is 0 Å². The lowest BCUT2D eigenvalue weighted by Crippen LogP contribution is -2.14. The second-order valence-electron chi connectivity index (χ2n) is 5.59. The van der Waals surface area contributed by atoms with Crippen molar-refractivity contribution in [2.24, 2.45) is 0 Å². The summed E-state index contributed by atoms with van der Waals surface area (Å²) in [5, 5.41) is 12.3. The molecule has 0 aliphatic carbocycles. The molecule has 3 rings (SSSR count). The van der Waals surface area contributed by atoms with E-state index in [9.17, 15) is 10.1 Å². The minimum absolute atomic E-state index is 0.250. The maximum atomic E-state index is 12.9. The zero-order valence-corrected chi connectivity index (χ0v) is 14.4. The first-order valence-electron chi connectivity index (χ1n) is 8.36. The molecule has 3 aromatic carbocycles. The molecule has 0 fully saturated rings. The van der Waals surface area contributed by atoms with Gasteiger partial charge in [0.05, 0.1) is 23.9 Å². The summed E-state index contributed by atoms with van der Waals surface area (Å²) >= 11 is 0. The molecule has 0 bridgehead atoms. The normalized spacial score (nSPS) is 10.0. The van der Waals surface area contributed by atoms with E-state index < -0.39 is 0 Å². The number of rotatable bonds is 5. The summed E-state index contributed by atoms with van der Waals surface area (Å²) in [5.74, 6) is 0.374. The third-order valence-corrected chi connectivity index (χ3v) is 3.94. The first-order chi connectivity index (χ1) is 12.7. The van der Waals surface area contributed by atoms with Crippen molar-refractivity contribution in [1.82, 2.24) is 0 Å². The summed E-state index contributed by atoms with van der Waals surface area (Å²) in [7, 11) is 0. The third kappa shape index (κ3) is 3.57. The number of nitrogens with one attached hydrogen (secondary N) is 1. The average Bonchev–Trinajstić information content (AvgIpc) is 2.69. The molecule has 128 valence electrons. The zero-order valence-electron chi connectivity index (χ0n) is 14.4. The van der Waals surface area contributed by atoms with E-state index in [1.807, 2.05) is 61.5 Å². The van der Waals surface area contributed by atoms with Crippen LogP contribution in [0.5, 0.6) is 5.75 Å². The highest BCUT2D eigenvalue weighted by Gasteiger charge is 2.16. The number of para-hydroxylation sites is 2. The van der Waals surface area contributed by atoms with Crippen molar-refractivity contribution in [1.29, 1.82) is 5.26 Å². The molecule has 0 aliphatic rings. The minimum atomic E-state index is -0.250. The first kappa shape index (κ1) is 17.2. The van der Waals surface area contributed by atoms with Crippen LogP contribution in [0.3, 0.4) is 0 Å². The maximum Gasteiger partial charge on any atom is 0.256 e. The number of amides is 1. The van der Waals surface area contributed by atoms with Crippen LogP contribution in [-0.4, -0.2) is 12.5 Å². The summed E-state index contributed by atoms with van der Waals surface area (Å²) in [6, 6.07) is 24.0. The largest absolute Gasteiger partial charge is 0.492 e. The second kappa shape index (κ2) is 8.00. The number of carbonyl (C=O) groups is 1. The van der Waals surface area contributed by atoms with E-state index in [1.54, 1.807) is 18.2 Å². The molecule has 0 heterocycles. The molecule has 0 saturated heterocycles. The Hall–Kier alpha value is -3.58. The highest BCUT2D eigenvalue weighted by molar-refractivity contribution is 6.09. The fourth-order valence-corrected chi connectivity index (χ4v) is 2.77. The Bertz CT molecular complexity index is 974. The number of ether oxygens (including phenoxy) is 1. The number of nitriles is 1. The maximum absolute atomic E-state index is 12.9. The molecule has 1 N–H and O–H groups in total. The topological polar surface area (TPSA) is 62.1 Å². The van der Waals surface area contributed by atoms with Crippen molar-refractivity contribution in [2.45, 2.75) is 6.92 Å². The highest BCUT2D eigenvalue weighted by Crippen LogP contribution is 2.29. The van der Waals surface area contributed by atoms with Crippen LogP contribution in [-0.2, 0) is 0 Å². The van der Waals surface area contributed by atoms with Gasteiger partial charge in [0.1, 0.15) is 5.75 Å². The van der Waals surface area contributed by atoms with Gasteiger partial charge in [-0.05, 0) is 36.8 Å². The SMILES string of the molecule is CCOc1ccccc1NC(=O)c1ccccc1-c1ccccc1C#N. The predicted octanol–water partition coefficient (Wildman–Crippen LogP) is 4.88. The summed E-state index contributed by atoms with van der Waals surface area (Å²) in [6.07, 6.45) is 0. The van der Waals surface area contributed by atoms with Crippen LogP contribution in [0.4, 0.5) is 5.69 Å². The number of nitrogens with zero attached hydrogens (tertiary/aromatic N) is 1. The van der Waals surface area contributed by atoms with Crippen LogP contribution in [0.2, 0.25) is 0 Å². The number of carbonyl (C=O) groups excluding carboxylic acids is 1. The van der Waals surface area contributed by atoms with Gasteiger partial charge in [-0.1, -0.05) is 48.5 Å². The van der Waals surface area contributed by atoms with E-state index in [4.69, 9.17) is 4.74 Å². The third-order valence-electron chi connectivity index (χ3n) is 3.94. The van der Waals surface area contributed by atoms with Crippen LogP contribution in [0.1, 0.15) is 22.8 Å². The number of hydrogen-bond donors (Lipinski definition) is 1. The van der Waals surface area contributed by atoms with Gasteiger partial charge < -0.3 is 10.1 Å². The van der Waals surface area contributed by atoms with Crippen molar-refractivity contribution >= 4 is 11.6 Å². The average molecular weight is 342 g/mol. The molecular weight excluding hydrogens is 324 g/mol. The fraction of sp³-hybridized carbons (Fsp3) is 0.0909. The Morgan fingerprint density at radius 3 is 2.38 bits per heavy atom. The molecule has 0 aromatic heterocycles. The fourth-order valence-electron chi connectivity index (χ4n) is 2.77. The molecule has 0 atom stereocenters. The molecule has 1 amide bonds. The Morgan fingerprint density at radius 1 is 0.962 bits per heavy atom. The first-order valence-corrected chi connectivity index (χ1v) is 8.36. The van der Waals surface area contributed by atoms with Crippen LogP contribution in [0.15, 0.2) is 72.8 Å². The molecule has 0 unspecified atom stereocenters. The van der Waals surface area contributed by atoms with Gasteiger partial charge in [0.2, 0.25) is 0 Å². The minimum Gasteiger partial charge on any atom is -0.492 e. The van der Waals surface area contributed by atoms with Crippen molar-refractivity contribution in [3.8, 4) is 22.9 Å². The van der Waals surface area contributed by atoms with E-state index >= 15 is 0 Å². The van der Waals surface area contributed by atoms with Gasteiger partial charge in [-0.25, -0.2) is 0 Å². The van der Waals surface area contributed by atoms with E-state index in [2.05, 4.69) is 11.4 Å². The van der Waals surface area contributed by atoms with Crippen molar-refractivity contribution in [3.05, 3.63) is 83.9 Å². The Balaban J connectivity index is 1.99. The quantitative estimate of drug-likeness (QED) is 0.719. The van der Waals surface area contributed by atoms with E-state index in [-0.39, 0.29) is 5.91 Å². The van der Waals surface area contributed by atoms with Gasteiger partial charge in [0, 0.05) is 11.1 Å². The molecule has 26 heavy (non-hydrogen) atoms. The Labute approximate surface area is 152 Å². The molecule has 0 radical (unpaired) electrons. The monoisotopic (exact) mass is 342 g/mol. The second-order valence-corrected chi connectivity index (χ2v) is 5.59. The van der Waals surface area contributed by atoms with E-state index in [0.717, 1.165) is 11.1 Å². The van der Waals surface area contributed by atoms with E-state index in [0.29, 0.717) is 29.2 Å². The number of hydrogen-bond acceptors (Lipinski definition) is 3. The van der Waals surface area contributed by atoms with Crippen LogP contribution >= 0.6 is 0 Å². The van der Waals surface area contributed by atoms with Gasteiger partial charge in [0.25, 0.3) is 5.91 Å². The molecule has 4 nitrogen and oxygen atoms in total. The van der Waals surface area contributed by atoms with E-state index in [1.165, 1.54) is 0 Å². The number of benzene rings is 3. The zero-order chi connectivity index (χ0) is 18.4. The smallest absolute Gasteiger partial charge is 0.256 e. The molecule has 0 saturated carbocycles. The number of anilines is 1. The van der Waals surface area contributed by atoms with Gasteiger partial charge in [-0.3, -0.25) is 4.79 Å². The molecule has 4 heteroatoms. The highest BCUT2D eigenvalue weighted by atomic mass is 16.5. The molecule has 0 spiro atoms. The van der Waals surface area contributed by atoms with Crippen molar-refractivity contribution in [2.75, 3.05) is 11.9 Å². The van der Waals surface area contributed by atoms with Crippen LogP contribution < -0.4 is 10.1 Å². The molecule has 3 aromatic rings. The Morgan fingerprint density at radius 2 is 1.62 bits per heavy atom. The van der Waals surface area contributed by atoms with Gasteiger partial charge in [-0.2, -0.15) is 5.26 Å². The van der Waals surface area contributed by atoms with Crippen LogP contribution in [0, 0.1) is 11.3 Å². The van der Waals surface area contributed by atoms with Crippen LogP contribution in [0.25, 0.3) is 11.1 Å². The Kier molecular flexibility index (Phi) is 5.31. The summed E-state index contributed by atoms with van der Waals surface area (Å²) in [6.45, 7) is 2.41. The van der Waals surface area contributed by atoms with Crippen molar-refractivity contribution < 1.29 is 9.53 Å². The van der Waals surface area contributed by atoms with Gasteiger partial charge in [0.15, 0.2) is 0 Å². The standard InChI is InChI=1S/C22H18N2O2/c1-2-26-21-14-8-7-13-20(21)24-22(25)19-12-6-5-11-18(19)17-10-4-3-9-16(17)15-23/h3-14H,2H2,1H3,(H,24,25). The summed E-state index contributed by atoms with van der Waals surface area (Å²) < 4.78 is 5.57. The lowest BCUT2D eigenvalue weighted by molar-refractivity contribution is 0.102.